The molecule has 3 aromatic carbocycles. The van der Waals surface area contributed by atoms with Gasteiger partial charge in [-0.3, -0.25) is 9.59 Å². The summed E-state index contributed by atoms with van der Waals surface area (Å²) in [5.41, 5.74) is 2.39. The van der Waals surface area contributed by atoms with E-state index in [0.717, 1.165) is 16.9 Å². The summed E-state index contributed by atoms with van der Waals surface area (Å²) in [7, 11) is 1.62. The Bertz CT molecular complexity index is 1490. The largest absolute Gasteiger partial charge is 0.497 e. The van der Waals surface area contributed by atoms with Gasteiger partial charge in [0.2, 0.25) is 12.7 Å². The van der Waals surface area contributed by atoms with Crippen molar-refractivity contribution >= 4 is 5.91 Å². The lowest BCUT2D eigenvalue weighted by Gasteiger charge is -2.08. The maximum absolute atomic E-state index is 12.5. The van der Waals surface area contributed by atoms with Crippen molar-refractivity contribution in [2.75, 3.05) is 13.9 Å². The van der Waals surface area contributed by atoms with Crippen molar-refractivity contribution in [3.8, 4) is 34.4 Å². The lowest BCUT2D eigenvalue weighted by molar-refractivity contribution is -0.121. The highest BCUT2D eigenvalue weighted by molar-refractivity contribution is 5.76. The normalized spacial score (nSPS) is 11.7. The Hall–Kier alpha value is -4.86. The van der Waals surface area contributed by atoms with E-state index in [4.69, 9.17) is 18.9 Å². The van der Waals surface area contributed by atoms with Gasteiger partial charge in [-0.15, -0.1) is 10.2 Å². The van der Waals surface area contributed by atoms with Gasteiger partial charge in [0.15, 0.2) is 17.3 Å². The van der Waals surface area contributed by atoms with Gasteiger partial charge in [0.1, 0.15) is 23.8 Å². The van der Waals surface area contributed by atoms with Gasteiger partial charge in [0.25, 0.3) is 5.56 Å². The standard InChI is InChI=1S/C28H26N4O6/c1-35-22-4-2-3-19(13-22)16-36-21-8-6-20(7-9-21)27-30-28(34)23(31-32-27)10-12-26(33)29-15-18-5-11-24-25(14-18)38-17-37-24/h2-9,11,13-14H,10,12,15-17H2,1H3,(H,29,33)(H,30,32,34). The number of carbonyl (C=O) groups is 1. The predicted molar refractivity (Wildman–Crippen MR) is 138 cm³/mol. The number of nitrogens with one attached hydrogen (secondary N) is 2. The summed E-state index contributed by atoms with van der Waals surface area (Å²) in [5.74, 6) is 2.94. The number of aromatic nitrogens is 3. The van der Waals surface area contributed by atoms with E-state index >= 15 is 0 Å². The number of aromatic amines is 1. The molecule has 0 radical (unpaired) electrons. The summed E-state index contributed by atoms with van der Waals surface area (Å²) in [6.45, 7) is 0.937. The lowest BCUT2D eigenvalue weighted by Crippen LogP contribution is -2.25. The molecule has 10 nitrogen and oxygen atoms in total. The number of fused-ring (bicyclic) bond motifs is 1. The van der Waals surface area contributed by atoms with Crippen LogP contribution in [0.5, 0.6) is 23.0 Å². The third kappa shape index (κ3) is 6.09. The summed E-state index contributed by atoms with van der Waals surface area (Å²) >= 11 is 0. The Kier molecular flexibility index (Phi) is 7.49. The molecule has 2 heterocycles. The zero-order valence-corrected chi connectivity index (χ0v) is 20.7. The molecule has 1 amide bonds. The van der Waals surface area contributed by atoms with E-state index in [9.17, 15) is 9.59 Å². The molecule has 0 saturated heterocycles. The molecule has 10 heteroatoms. The monoisotopic (exact) mass is 514 g/mol. The van der Waals surface area contributed by atoms with Crippen LogP contribution in [0.3, 0.4) is 0 Å². The number of amides is 1. The topological polar surface area (TPSA) is 125 Å². The highest BCUT2D eigenvalue weighted by Gasteiger charge is 2.14. The molecule has 0 saturated carbocycles. The van der Waals surface area contributed by atoms with Gasteiger partial charge >= 0.3 is 0 Å². The fraction of sp³-hybridized carbons (Fsp3) is 0.214. The number of nitrogens with zero attached hydrogens (tertiary/aromatic N) is 2. The van der Waals surface area contributed by atoms with E-state index in [0.29, 0.717) is 41.8 Å². The summed E-state index contributed by atoms with van der Waals surface area (Å²) in [6, 6.07) is 20.4. The van der Waals surface area contributed by atoms with Crippen molar-refractivity contribution in [3.63, 3.8) is 0 Å². The molecule has 194 valence electrons. The number of rotatable bonds is 10. The van der Waals surface area contributed by atoms with Crippen molar-refractivity contribution in [2.45, 2.75) is 26.0 Å². The SMILES string of the molecule is COc1cccc(COc2ccc(-c3nnc(CCC(=O)NCc4ccc5c(c4)OCO5)c(=O)[nH]3)cc2)c1. The second-order valence-electron chi connectivity index (χ2n) is 8.58. The molecule has 2 N–H and O–H groups in total. The van der Waals surface area contributed by atoms with E-state index in [1.807, 2.05) is 42.5 Å². The van der Waals surface area contributed by atoms with Gasteiger partial charge in [0.05, 0.1) is 7.11 Å². The molecule has 0 unspecified atom stereocenters. The molecular weight excluding hydrogens is 488 g/mol. The average molecular weight is 515 g/mol. The number of aryl methyl sites for hydroxylation is 1. The van der Waals surface area contributed by atoms with E-state index in [-0.39, 0.29) is 36.8 Å². The number of methoxy groups -OCH3 is 1. The van der Waals surface area contributed by atoms with Crippen LogP contribution in [0.2, 0.25) is 0 Å². The number of H-pyrrole nitrogens is 1. The van der Waals surface area contributed by atoms with Crippen LogP contribution in [0.25, 0.3) is 11.4 Å². The van der Waals surface area contributed by atoms with Crippen molar-refractivity contribution < 1.29 is 23.7 Å². The third-order valence-corrected chi connectivity index (χ3v) is 5.95. The lowest BCUT2D eigenvalue weighted by atomic mass is 10.2. The quantitative estimate of drug-likeness (QED) is 0.330. The zero-order valence-electron chi connectivity index (χ0n) is 20.7. The van der Waals surface area contributed by atoms with Gasteiger partial charge in [-0.05, 0) is 59.7 Å². The molecule has 0 spiro atoms. The van der Waals surface area contributed by atoms with Gasteiger partial charge in [-0.2, -0.15) is 0 Å². The molecule has 0 aliphatic carbocycles. The number of ether oxygens (including phenoxy) is 4. The second-order valence-corrected chi connectivity index (χ2v) is 8.58. The molecule has 0 bridgehead atoms. The molecule has 1 aliphatic heterocycles. The van der Waals surface area contributed by atoms with E-state index in [1.54, 1.807) is 31.4 Å². The molecule has 1 aromatic heterocycles. The fourth-order valence-electron chi connectivity index (χ4n) is 3.86. The molecule has 38 heavy (non-hydrogen) atoms. The number of benzene rings is 3. The van der Waals surface area contributed by atoms with Crippen molar-refractivity contribution in [1.29, 1.82) is 0 Å². The zero-order chi connectivity index (χ0) is 26.3. The van der Waals surface area contributed by atoms with Crippen molar-refractivity contribution in [3.05, 3.63) is 93.9 Å². The Morgan fingerprint density at radius 3 is 2.63 bits per heavy atom. The summed E-state index contributed by atoms with van der Waals surface area (Å²) in [6.07, 6.45) is 0.285. The molecule has 1 aliphatic rings. The van der Waals surface area contributed by atoms with Crippen LogP contribution in [0.15, 0.2) is 71.5 Å². The fourth-order valence-corrected chi connectivity index (χ4v) is 3.86. The highest BCUT2D eigenvalue weighted by Crippen LogP contribution is 2.32. The van der Waals surface area contributed by atoms with Crippen LogP contribution in [-0.2, 0) is 24.4 Å². The number of hydrogen-bond donors (Lipinski definition) is 2. The van der Waals surface area contributed by atoms with Crippen LogP contribution in [0.1, 0.15) is 23.2 Å². The first-order valence-corrected chi connectivity index (χ1v) is 12.0. The van der Waals surface area contributed by atoms with Crippen LogP contribution < -0.4 is 29.8 Å². The van der Waals surface area contributed by atoms with Gasteiger partial charge in [0, 0.05) is 24.9 Å². The van der Waals surface area contributed by atoms with Crippen LogP contribution in [0, 0.1) is 0 Å². The Morgan fingerprint density at radius 2 is 1.82 bits per heavy atom. The number of carbonyl (C=O) groups excluding carboxylic acids is 1. The minimum atomic E-state index is -0.378. The van der Waals surface area contributed by atoms with Crippen LogP contribution in [0.4, 0.5) is 0 Å². The Morgan fingerprint density at radius 1 is 0.974 bits per heavy atom. The van der Waals surface area contributed by atoms with Gasteiger partial charge < -0.3 is 29.2 Å². The Labute approximate surface area is 218 Å². The smallest absolute Gasteiger partial charge is 0.273 e. The van der Waals surface area contributed by atoms with Crippen LogP contribution in [-0.4, -0.2) is 35.0 Å². The molecule has 5 rings (SSSR count). The average Bonchev–Trinajstić information content (AvgIpc) is 3.43. The van der Waals surface area contributed by atoms with E-state index < -0.39 is 0 Å². The molecular formula is C28H26N4O6. The van der Waals surface area contributed by atoms with Gasteiger partial charge in [-0.25, -0.2) is 0 Å². The first kappa shape index (κ1) is 24.8. The maximum Gasteiger partial charge on any atom is 0.273 e. The number of hydrogen-bond acceptors (Lipinski definition) is 8. The summed E-state index contributed by atoms with van der Waals surface area (Å²) in [5, 5.41) is 11.0. The first-order chi connectivity index (χ1) is 18.6. The summed E-state index contributed by atoms with van der Waals surface area (Å²) < 4.78 is 21.7. The molecule has 4 aromatic rings. The Balaban J connectivity index is 1.12. The maximum atomic E-state index is 12.5. The molecule has 0 atom stereocenters. The third-order valence-electron chi connectivity index (χ3n) is 5.95. The molecule has 0 fully saturated rings. The van der Waals surface area contributed by atoms with Crippen molar-refractivity contribution in [2.24, 2.45) is 0 Å². The van der Waals surface area contributed by atoms with Gasteiger partial charge in [-0.1, -0.05) is 18.2 Å². The van der Waals surface area contributed by atoms with Crippen LogP contribution >= 0.6 is 0 Å². The van der Waals surface area contributed by atoms with Crippen molar-refractivity contribution in [1.82, 2.24) is 20.5 Å². The highest BCUT2D eigenvalue weighted by atomic mass is 16.7. The minimum absolute atomic E-state index is 0.112. The second kappa shape index (κ2) is 11.5. The minimum Gasteiger partial charge on any atom is -0.497 e. The van der Waals surface area contributed by atoms with E-state index in [2.05, 4.69) is 20.5 Å². The first-order valence-electron chi connectivity index (χ1n) is 12.0. The van der Waals surface area contributed by atoms with E-state index in [1.165, 1.54) is 0 Å². The predicted octanol–water partition coefficient (Wildman–Crippen LogP) is 3.40. The summed E-state index contributed by atoms with van der Waals surface area (Å²) in [4.78, 5) is 27.6.